The third kappa shape index (κ3) is 4.87. The van der Waals surface area contributed by atoms with Gasteiger partial charge in [0.05, 0.1) is 12.2 Å². The van der Waals surface area contributed by atoms with Crippen LogP contribution in [0.3, 0.4) is 0 Å². The van der Waals surface area contributed by atoms with E-state index < -0.39 is 0 Å². The number of fused-ring (bicyclic) bond motifs is 1. The van der Waals surface area contributed by atoms with Crippen molar-refractivity contribution in [1.29, 1.82) is 0 Å². The number of carbonyl (C=O) groups excluding carboxylic acids is 1. The molecule has 3 heterocycles. The van der Waals surface area contributed by atoms with Crippen LogP contribution in [-0.2, 0) is 11.3 Å². The number of anilines is 1. The summed E-state index contributed by atoms with van der Waals surface area (Å²) in [6, 6.07) is 16.1. The SMILES string of the molecule is O=C(CN1CCN(Cc2ccc3c(c2)OCO3)CC1)Nc1nc(-c2ccccc2)cs1. The van der Waals surface area contributed by atoms with Crippen molar-refractivity contribution in [3.63, 3.8) is 0 Å². The number of thiazole rings is 1. The van der Waals surface area contributed by atoms with Crippen LogP contribution in [0.4, 0.5) is 5.13 Å². The summed E-state index contributed by atoms with van der Waals surface area (Å²) in [6.07, 6.45) is 0. The highest BCUT2D eigenvalue weighted by atomic mass is 32.1. The predicted octanol–water partition coefficient (Wildman–Crippen LogP) is 3.30. The minimum atomic E-state index is -0.0156. The van der Waals surface area contributed by atoms with Crippen LogP contribution in [0.2, 0.25) is 0 Å². The molecule has 1 saturated heterocycles. The fourth-order valence-electron chi connectivity index (χ4n) is 3.84. The van der Waals surface area contributed by atoms with Crippen LogP contribution in [0.5, 0.6) is 11.5 Å². The van der Waals surface area contributed by atoms with Gasteiger partial charge in [-0.05, 0) is 17.7 Å². The lowest BCUT2D eigenvalue weighted by molar-refractivity contribution is -0.117. The number of hydrogen-bond acceptors (Lipinski definition) is 7. The number of hydrogen-bond donors (Lipinski definition) is 1. The molecule has 1 N–H and O–H groups in total. The maximum atomic E-state index is 12.5. The molecule has 31 heavy (non-hydrogen) atoms. The van der Waals surface area contributed by atoms with Crippen LogP contribution >= 0.6 is 11.3 Å². The van der Waals surface area contributed by atoms with E-state index >= 15 is 0 Å². The van der Waals surface area contributed by atoms with Crippen LogP contribution in [0.25, 0.3) is 11.3 Å². The summed E-state index contributed by atoms with van der Waals surface area (Å²) in [5, 5.41) is 5.56. The van der Waals surface area contributed by atoms with Gasteiger partial charge in [-0.1, -0.05) is 36.4 Å². The Bertz CT molecular complexity index is 1050. The van der Waals surface area contributed by atoms with Gasteiger partial charge in [0, 0.05) is 43.7 Å². The first-order chi connectivity index (χ1) is 15.2. The molecule has 2 aliphatic rings. The molecule has 0 spiro atoms. The lowest BCUT2D eigenvalue weighted by Gasteiger charge is -2.34. The van der Waals surface area contributed by atoms with Crippen LogP contribution in [0, 0.1) is 0 Å². The van der Waals surface area contributed by atoms with E-state index in [-0.39, 0.29) is 5.91 Å². The molecule has 2 aliphatic heterocycles. The van der Waals surface area contributed by atoms with Gasteiger partial charge >= 0.3 is 0 Å². The summed E-state index contributed by atoms with van der Waals surface area (Å²) in [6.45, 7) is 5.15. The molecule has 7 nitrogen and oxygen atoms in total. The number of benzene rings is 2. The van der Waals surface area contributed by atoms with E-state index in [1.54, 1.807) is 0 Å². The first kappa shape index (κ1) is 20.0. The van der Waals surface area contributed by atoms with Crippen molar-refractivity contribution < 1.29 is 14.3 Å². The number of amides is 1. The van der Waals surface area contributed by atoms with E-state index in [0.717, 1.165) is 55.5 Å². The lowest BCUT2D eigenvalue weighted by atomic mass is 10.1. The second kappa shape index (κ2) is 9.05. The van der Waals surface area contributed by atoms with E-state index in [0.29, 0.717) is 18.5 Å². The minimum Gasteiger partial charge on any atom is -0.454 e. The van der Waals surface area contributed by atoms with Crippen LogP contribution in [-0.4, -0.2) is 60.2 Å². The van der Waals surface area contributed by atoms with Gasteiger partial charge in [0.25, 0.3) is 0 Å². The van der Waals surface area contributed by atoms with E-state index in [9.17, 15) is 4.79 Å². The number of ether oxygens (including phenoxy) is 2. The number of rotatable bonds is 6. The molecule has 5 rings (SSSR count). The standard InChI is InChI=1S/C23H24N4O3S/c28-22(25-23-24-19(15-31-23)18-4-2-1-3-5-18)14-27-10-8-26(9-11-27)13-17-6-7-20-21(12-17)30-16-29-20/h1-7,12,15H,8-11,13-14,16H2,(H,24,25,28). The van der Waals surface area contributed by atoms with Gasteiger partial charge in [-0.2, -0.15) is 0 Å². The van der Waals surface area contributed by atoms with Crippen LogP contribution in [0.1, 0.15) is 5.56 Å². The molecule has 1 amide bonds. The Morgan fingerprint density at radius 3 is 2.61 bits per heavy atom. The summed E-state index contributed by atoms with van der Waals surface area (Å²) >= 11 is 1.46. The molecule has 0 bridgehead atoms. The molecule has 160 valence electrons. The Balaban J connectivity index is 1.08. The van der Waals surface area contributed by atoms with E-state index in [2.05, 4.69) is 32.2 Å². The average molecular weight is 437 g/mol. The molecular weight excluding hydrogens is 412 g/mol. The van der Waals surface area contributed by atoms with Crippen molar-refractivity contribution in [2.75, 3.05) is 44.8 Å². The van der Waals surface area contributed by atoms with Gasteiger partial charge < -0.3 is 14.8 Å². The van der Waals surface area contributed by atoms with Crippen molar-refractivity contribution in [2.24, 2.45) is 0 Å². The van der Waals surface area contributed by atoms with Crippen molar-refractivity contribution in [3.05, 3.63) is 59.5 Å². The number of nitrogens with one attached hydrogen (secondary N) is 1. The molecule has 0 saturated carbocycles. The van der Waals surface area contributed by atoms with Gasteiger partial charge in [-0.25, -0.2) is 4.98 Å². The van der Waals surface area contributed by atoms with Gasteiger partial charge in [0.1, 0.15) is 0 Å². The highest BCUT2D eigenvalue weighted by Crippen LogP contribution is 2.33. The fraction of sp³-hybridized carbons (Fsp3) is 0.304. The zero-order chi connectivity index (χ0) is 21.0. The molecule has 0 radical (unpaired) electrons. The molecule has 8 heteroatoms. The third-order valence-electron chi connectivity index (χ3n) is 5.50. The largest absolute Gasteiger partial charge is 0.454 e. The molecule has 0 atom stereocenters. The quantitative estimate of drug-likeness (QED) is 0.640. The monoisotopic (exact) mass is 436 g/mol. The maximum Gasteiger partial charge on any atom is 0.240 e. The van der Waals surface area contributed by atoms with Crippen molar-refractivity contribution in [3.8, 4) is 22.8 Å². The topological polar surface area (TPSA) is 66.9 Å². The van der Waals surface area contributed by atoms with Crippen molar-refractivity contribution in [2.45, 2.75) is 6.54 Å². The van der Waals surface area contributed by atoms with Crippen LogP contribution in [0.15, 0.2) is 53.9 Å². The molecule has 0 unspecified atom stereocenters. The summed E-state index contributed by atoms with van der Waals surface area (Å²) in [4.78, 5) is 21.6. The molecule has 0 aliphatic carbocycles. The second-order valence-electron chi connectivity index (χ2n) is 7.69. The average Bonchev–Trinajstić information content (AvgIpc) is 3.45. The zero-order valence-electron chi connectivity index (χ0n) is 17.1. The number of piperazine rings is 1. The molecular formula is C23H24N4O3S. The molecule has 2 aromatic carbocycles. The third-order valence-corrected chi connectivity index (χ3v) is 6.25. The van der Waals surface area contributed by atoms with Gasteiger partial charge in [-0.3, -0.25) is 14.6 Å². The smallest absolute Gasteiger partial charge is 0.240 e. The number of aromatic nitrogens is 1. The lowest BCUT2D eigenvalue weighted by Crippen LogP contribution is -2.48. The zero-order valence-corrected chi connectivity index (χ0v) is 17.9. The number of nitrogens with zero attached hydrogens (tertiary/aromatic N) is 3. The minimum absolute atomic E-state index is 0.0156. The summed E-state index contributed by atoms with van der Waals surface area (Å²) < 4.78 is 10.8. The van der Waals surface area contributed by atoms with E-state index in [1.807, 2.05) is 41.8 Å². The maximum absolute atomic E-state index is 12.5. The van der Waals surface area contributed by atoms with Crippen molar-refractivity contribution >= 4 is 22.4 Å². The van der Waals surface area contributed by atoms with Crippen molar-refractivity contribution in [1.82, 2.24) is 14.8 Å². The Labute approximate surface area is 185 Å². The Morgan fingerprint density at radius 2 is 1.77 bits per heavy atom. The molecule has 1 aromatic heterocycles. The van der Waals surface area contributed by atoms with Gasteiger partial charge in [-0.15, -0.1) is 11.3 Å². The fourth-order valence-corrected chi connectivity index (χ4v) is 4.57. The predicted molar refractivity (Wildman–Crippen MR) is 120 cm³/mol. The summed E-state index contributed by atoms with van der Waals surface area (Å²) in [5.41, 5.74) is 3.16. The first-order valence-corrected chi connectivity index (χ1v) is 11.2. The number of carbonyl (C=O) groups is 1. The summed E-state index contributed by atoms with van der Waals surface area (Å²) in [7, 11) is 0. The van der Waals surface area contributed by atoms with Crippen LogP contribution < -0.4 is 14.8 Å². The second-order valence-corrected chi connectivity index (χ2v) is 8.55. The Kier molecular flexibility index (Phi) is 5.84. The highest BCUT2D eigenvalue weighted by Gasteiger charge is 2.21. The molecule has 3 aromatic rings. The Hall–Kier alpha value is -2.94. The Morgan fingerprint density at radius 1 is 1.00 bits per heavy atom. The van der Waals surface area contributed by atoms with Gasteiger partial charge in [0.15, 0.2) is 16.6 Å². The van der Waals surface area contributed by atoms with E-state index in [4.69, 9.17) is 9.47 Å². The highest BCUT2D eigenvalue weighted by molar-refractivity contribution is 7.14. The normalized spacial score (nSPS) is 16.4. The van der Waals surface area contributed by atoms with Gasteiger partial charge in [0.2, 0.25) is 12.7 Å². The van der Waals surface area contributed by atoms with E-state index in [1.165, 1.54) is 16.9 Å². The first-order valence-electron chi connectivity index (χ1n) is 10.4. The molecule has 1 fully saturated rings. The summed E-state index contributed by atoms with van der Waals surface area (Å²) in [5.74, 6) is 1.62.